The topological polar surface area (TPSA) is 26.0 Å². The molecule has 1 nitrogen and oxygen atoms in total. The Morgan fingerprint density at radius 3 is 2.85 bits per heavy atom. The fourth-order valence-electron chi connectivity index (χ4n) is 1.12. The van der Waals surface area contributed by atoms with Crippen molar-refractivity contribution in [1.82, 2.24) is 0 Å². The lowest BCUT2D eigenvalue weighted by molar-refractivity contribution is 0.620. The predicted molar refractivity (Wildman–Crippen MR) is 53.4 cm³/mol. The van der Waals surface area contributed by atoms with Crippen molar-refractivity contribution in [2.24, 2.45) is 5.73 Å². The van der Waals surface area contributed by atoms with Gasteiger partial charge in [0, 0.05) is 11.1 Å². The van der Waals surface area contributed by atoms with Crippen molar-refractivity contribution in [2.45, 2.75) is 25.8 Å². The van der Waals surface area contributed by atoms with Crippen molar-refractivity contribution in [3.63, 3.8) is 0 Å². The summed E-state index contributed by atoms with van der Waals surface area (Å²) in [6.45, 7) is 1.92. The molecule has 3 heteroatoms. The Hall–Kier alpha value is -0.600. The van der Waals surface area contributed by atoms with Crippen LogP contribution in [0.2, 0.25) is 5.02 Å². The number of hydrogen-bond acceptors (Lipinski definition) is 1. The molecular weight excluding hydrogens is 189 g/mol. The first-order valence-electron chi connectivity index (χ1n) is 4.29. The average molecular weight is 202 g/mol. The summed E-state index contributed by atoms with van der Waals surface area (Å²) in [4.78, 5) is 0. The maximum absolute atomic E-state index is 12.8. The van der Waals surface area contributed by atoms with Crippen molar-refractivity contribution < 1.29 is 4.39 Å². The van der Waals surface area contributed by atoms with Gasteiger partial charge < -0.3 is 5.73 Å². The zero-order valence-electron chi connectivity index (χ0n) is 7.56. The van der Waals surface area contributed by atoms with Crippen molar-refractivity contribution in [3.8, 4) is 0 Å². The third-order valence-electron chi connectivity index (χ3n) is 1.88. The molecule has 2 N–H and O–H groups in total. The van der Waals surface area contributed by atoms with E-state index in [4.69, 9.17) is 17.3 Å². The Morgan fingerprint density at radius 1 is 1.54 bits per heavy atom. The van der Waals surface area contributed by atoms with Gasteiger partial charge in [-0.1, -0.05) is 11.6 Å². The van der Waals surface area contributed by atoms with Gasteiger partial charge in [-0.25, -0.2) is 4.39 Å². The van der Waals surface area contributed by atoms with Gasteiger partial charge in [0.05, 0.1) is 0 Å². The second kappa shape index (κ2) is 4.58. The summed E-state index contributed by atoms with van der Waals surface area (Å²) in [5, 5.41) is 0.613. The van der Waals surface area contributed by atoms with Crippen LogP contribution in [-0.4, -0.2) is 6.04 Å². The number of hydrogen-bond donors (Lipinski definition) is 1. The third kappa shape index (κ3) is 3.33. The summed E-state index contributed by atoms with van der Waals surface area (Å²) in [5.74, 6) is -0.246. The molecule has 0 bridgehead atoms. The van der Waals surface area contributed by atoms with Crippen LogP contribution in [0.1, 0.15) is 18.9 Å². The second-order valence-corrected chi connectivity index (χ2v) is 3.66. The molecule has 13 heavy (non-hydrogen) atoms. The van der Waals surface area contributed by atoms with Gasteiger partial charge in [-0.05, 0) is 43.5 Å². The highest BCUT2D eigenvalue weighted by atomic mass is 35.5. The second-order valence-electron chi connectivity index (χ2n) is 3.25. The Morgan fingerprint density at radius 2 is 2.23 bits per heavy atom. The quantitative estimate of drug-likeness (QED) is 0.800. The van der Waals surface area contributed by atoms with E-state index in [2.05, 4.69) is 0 Å². The molecule has 0 heterocycles. The zero-order chi connectivity index (χ0) is 9.84. The Kier molecular flexibility index (Phi) is 3.70. The molecule has 0 aliphatic rings. The summed E-state index contributed by atoms with van der Waals surface area (Å²) in [6, 6.07) is 4.52. The molecule has 1 unspecified atom stereocenters. The largest absolute Gasteiger partial charge is 0.328 e. The maximum atomic E-state index is 12.8. The van der Waals surface area contributed by atoms with Crippen LogP contribution in [-0.2, 0) is 6.42 Å². The van der Waals surface area contributed by atoms with Gasteiger partial charge in [0.15, 0.2) is 0 Å². The summed E-state index contributed by atoms with van der Waals surface area (Å²) < 4.78 is 12.8. The van der Waals surface area contributed by atoms with E-state index in [1.807, 2.05) is 6.92 Å². The minimum Gasteiger partial charge on any atom is -0.328 e. The van der Waals surface area contributed by atoms with Gasteiger partial charge in [0.25, 0.3) is 0 Å². The molecule has 1 aromatic rings. The van der Waals surface area contributed by atoms with Gasteiger partial charge in [-0.3, -0.25) is 0 Å². The van der Waals surface area contributed by atoms with E-state index in [0.29, 0.717) is 5.02 Å². The first-order chi connectivity index (χ1) is 6.09. The predicted octanol–water partition coefficient (Wildman–Crippen LogP) is 2.76. The first kappa shape index (κ1) is 10.5. The Labute approximate surface area is 82.7 Å². The van der Waals surface area contributed by atoms with E-state index < -0.39 is 0 Å². The lowest BCUT2D eigenvalue weighted by Crippen LogP contribution is -2.15. The van der Waals surface area contributed by atoms with Gasteiger partial charge in [-0.2, -0.15) is 0 Å². The average Bonchev–Trinajstić information content (AvgIpc) is 2.06. The SMILES string of the molecule is CC(N)CCc1cc(F)ccc1Cl. The van der Waals surface area contributed by atoms with Crippen LogP contribution >= 0.6 is 11.6 Å². The maximum Gasteiger partial charge on any atom is 0.123 e. The van der Waals surface area contributed by atoms with E-state index in [9.17, 15) is 4.39 Å². The molecule has 0 spiro atoms. The van der Waals surface area contributed by atoms with Gasteiger partial charge >= 0.3 is 0 Å². The van der Waals surface area contributed by atoms with E-state index in [0.717, 1.165) is 18.4 Å². The molecule has 0 radical (unpaired) electrons. The molecule has 1 atom stereocenters. The fraction of sp³-hybridized carbons (Fsp3) is 0.400. The molecule has 0 aliphatic carbocycles. The molecule has 72 valence electrons. The van der Waals surface area contributed by atoms with Crippen LogP contribution < -0.4 is 5.73 Å². The molecule has 0 saturated heterocycles. The van der Waals surface area contributed by atoms with E-state index in [-0.39, 0.29) is 11.9 Å². The Bertz CT molecular complexity index is 286. The molecule has 1 rings (SSSR count). The van der Waals surface area contributed by atoms with Crippen molar-refractivity contribution >= 4 is 11.6 Å². The highest BCUT2D eigenvalue weighted by Gasteiger charge is 2.03. The van der Waals surface area contributed by atoms with Gasteiger partial charge in [0.2, 0.25) is 0 Å². The first-order valence-corrected chi connectivity index (χ1v) is 4.67. The minimum absolute atomic E-state index is 0.124. The highest BCUT2D eigenvalue weighted by Crippen LogP contribution is 2.18. The summed E-state index contributed by atoms with van der Waals surface area (Å²) in [6.07, 6.45) is 1.55. The van der Waals surface area contributed by atoms with E-state index >= 15 is 0 Å². The van der Waals surface area contributed by atoms with E-state index in [1.54, 1.807) is 6.07 Å². The van der Waals surface area contributed by atoms with Gasteiger partial charge in [0.1, 0.15) is 5.82 Å². The molecule has 0 aromatic heterocycles. The van der Waals surface area contributed by atoms with Crippen LogP contribution in [0.4, 0.5) is 4.39 Å². The number of nitrogens with two attached hydrogens (primary N) is 1. The normalized spacial score (nSPS) is 12.9. The van der Waals surface area contributed by atoms with Crippen LogP contribution in [0.3, 0.4) is 0 Å². The summed E-state index contributed by atoms with van der Waals surface area (Å²) >= 11 is 5.87. The number of benzene rings is 1. The number of rotatable bonds is 3. The van der Waals surface area contributed by atoms with Crippen LogP contribution in [0.25, 0.3) is 0 Å². The summed E-state index contributed by atoms with van der Waals surface area (Å²) in [7, 11) is 0. The van der Waals surface area contributed by atoms with Gasteiger partial charge in [-0.15, -0.1) is 0 Å². The molecule has 1 aromatic carbocycles. The van der Waals surface area contributed by atoms with Crippen molar-refractivity contribution in [1.29, 1.82) is 0 Å². The van der Waals surface area contributed by atoms with Crippen LogP contribution in [0, 0.1) is 5.82 Å². The minimum atomic E-state index is -0.246. The van der Waals surface area contributed by atoms with Crippen LogP contribution in [0.15, 0.2) is 18.2 Å². The number of halogens is 2. The molecule has 0 amide bonds. The molecular formula is C10H13ClFN. The van der Waals surface area contributed by atoms with E-state index in [1.165, 1.54) is 12.1 Å². The third-order valence-corrected chi connectivity index (χ3v) is 2.25. The monoisotopic (exact) mass is 201 g/mol. The molecule has 0 saturated carbocycles. The fourth-order valence-corrected chi connectivity index (χ4v) is 1.33. The Balaban J connectivity index is 2.70. The van der Waals surface area contributed by atoms with Crippen molar-refractivity contribution in [3.05, 3.63) is 34.6 Å². The molecule has 0 fully saturated rings. The standard InChI is InChI=1S/C10H13ClFN/c1-7(13)2-3-8-6-9(12)4-5-10(8)11/h4-7H,2-3,13H2,1H3. The molecule has 0 aliphatic heterocycles. The lowest BCUT2D eigenvalue weighted by atomic mass is 10.1. The van der Waals surface area contributed by atoms with Crippen molar-refractivity contribution in [2.75, 3.05) is 0 Å². The zero-order valence-corrected chi connectivity index (χ0v) is 8.31. The number of aryl methyl sites for hydroxylation is 1. The lowest BCUT2D eigenvalue weighted by Gasteiger charge is -2.06. The highest BCUT2D eigenvalue weighted by molar-refractivity contribution is 6.31. The smallest absolute Gasteiger partial charge is 0.123 e. The van der Waals surface area contributed by atoms with Crippen LogP contribution in [0.5, 0.6) is 0 Å². The summed E-state index contributed by atoms with van der Waals surface area (Å²) in [5.41, 5.74) is 6.42.